The van der Waals surface area contributed by atoms with E-state index in [1.54, 1.807) is 11.0 Å². The van der Waals surface area contributed by atoms with Crippen LogP contribution in [0.1, 0.15) is 12.7 Å². The highest BCUT2D eigenvalue weighted by Crippen LogP contribution is 2.19. The first-order chi connectivity index (χ1) is 9.88. The fraction of sp³-hybridized carbons (Fsp3) is 0.231. The Hall–Kier alpha value is -2.70. The van der Waals surface area contributed by atoms with Crippen LogP contribution in [0, 0.1) is 0 Å². The first-order valence-corrected chi connectivity index (χ1v) is 6.44. The highest BCUT2D eigenvalue weighted by Gasteiger charge is 2.06. The molecule has 3 aromatic rings. The molecule has 20 heavy (non-hydrogen) atoms. The van der Waals surface area contributed by atoms with Crippen molar-refractivity contribution in [3.05, 3.63) is 48.8 Å². The SMILES string of the molecule is CCn1ccnc1CNc1ccccc1-n1cnnn1. The summed E-state index contributed by atoms with van der Waals surface area (Å²) in [5.74, 6) is 0.999. The van der Waals surface area contributed by atoms with Gasteiger partial charge in [-0.05, 0) is 29.5 Å². The number of tetrazole rings is 1. The minimum absolute atomic E-state index is 0.653. The van der Waals surface area contributed by atoms with Gasteiger partial charge in [-0.15, -0.1) is 5.10 Å². The van der Waals surface area contributed by atoms with Gasteiger partial charge in [0.1, 0.15) is 12.2 Å². The molecule has 2 aromatic heterocycles. The molecular weight excluding hydrogens is 254 g/mol. The molecular formula is C13H15N7. The molecule has 1 N–H and O–H groups in total. The molecule has 0 spiro atoms. The first-order valence-electron chi connectivity index (χ1n) is 6.44. The molecule has 7 nitrogen and oxygen atoms in total. The van der Waals surface area contributed by atoms with Crippen molar-refractivity contribution in [1.82, 2.24) is 29.8 Å². The summed E-state index contributed by atoms with van der Waals surface area (Å²) in [5.41, 5.74) is 1.87. The molecule has 0 saturated carbocycles. The van der Waals surface area contributed by atoms with E-state index in [0.29, 0.717) is 6.54 Å². The molecule has 2 heterocycles. The second-order valence-electron chi connectivity index (χ2n) is 4.25. The highest BCUT2D eigenvalue weighted by molar-refractivity contribution is 5.60. The minimum atomic E-state index is 0.653. The van der Waals surface area contributed by atoms with Crippen LogP contribution < -0.4 is 5.32 Å². The van der Waals surface area contributed by atoms with Gasteiger partial charge in [-0.25, -0.2) is 4.98 Å². The number of nitrogens with zero attached hydrogens (tertiary/aromatic N) is 6. The Kier molecular flexibility index (Phi) is 3.40. The lowest BCUT2D eigenvalue weighted by molar-refractivity contribution is 0.707. The van der Waals surface area contributed by atoms with E-state index >= 15 is 0 Å². The second-order valence-corrected chi connectivity index (χ2v) is 4.25. The summed E-state index contributed by atoms with van der Waals surface area (Å²) in [7, 11) is 0. The Morgan fingerprint density at radius 3 is 2.95 bits per heavy atom. The average molecular weight is 269 g/mol. The van der Waals surface area contributed by atoms with Crippen LogP contribution in [0.5, 0.6) is 0 Å². The number of nitrogens with one attached hydrogen (secondary N) is 1. The first kappa shape index (κ1) is 12.3. The van der Waals surface area contributed by atoms with Crippen molar-refractivity contribution in [3.63, 3.8) is 0 Å². The van der Waals surface area contributed by atoms with Gasteiger partial charge in [-0.1, -0.05) is 12.1 Å². The van der Waals surface area contributed by atoms with Crippen LogP contribution in [0.4, 0.5) is 5.69 Å². The molecule has 0 saturated heterocycles. The van der Waals surface area contributed by atoms with Gasteiger partial charge >= 0.3 is 0 Å². The van der Waals surface area contributed by atoms with Crippen molar-refractivity contribution >= 4 is 5.69 Å². The zero-order valence-corrected chi connectivity index (χ0v) is 11.1. The van der Waals surface area contributed by atoms with Gasteiger partial charge in [-0.2, -0.15) is 4.68 Å². The van der Waals surface area contributed by atoms with Crippen molar-refractivity contribution in [2.75, 3.05) is 5.32 Å². The van der Waals surface area contributed by atoms with Gasteiger partial charge in [0.25, 0.3) is 0 Å². The summed E-state index contributed by atoms with van der Waals surface area (Å²) in [6.07, 6.45) is 5.37. The fourth-order valence-electron chi connectivity index (χ4n) is 2.06. The molecule has 0 aliphatic carbocycles. The summed E-state index contributed by atoms with van der Waals surface area (Å²) < 4.78 is 3.74. The quantitative estimate of drug-likeness (QED) is 0.759. The predicted molar refractivity (Wildman–Crippen MR) is 74.4 cm³/mol. The fourth-order valence-corrected chi connectivity index (χ4v) is 2.06. The van der Waals surface area contributed by atoms with Crippen LogP contribution >= 0.6 is 0 Å². The van der Waals surface area contributed by atoms with E-state index in [1.807, 2.05) is 36.7 Å². The number of para-hydroxylation sites is 2. The van der Waals surface area contributed by atoms with Crippen molar-refractivity contribution < 1.29 is 0 Å². The molecule has 102 valence electrons. The number of benzene rings is 1. The number of hydrogen-bond acceptors (Lipinski definition) is 5. The third-order valence-corrected chi connectivity index (χ3v) is 3.08. The summed E-state index contributed by atoms with van der Waals surface area (Å²) >= 11 is 0. The zero-order valence-electron chi connectivity index (χ0n) is 11.1. The van der Waals surface area contributed by atoms with E-state index in [2.05, 4.69) is 37.3 Å². The molecule has 0 aliphatic heterocycles. The summed E-state index contributed by atoms with van der Waals surface area (Å²) in [6, 6.07) is 7.89. The molecule has 0 bridgehead atoms. The molecule has 0 fully saturated rings. The molecule has 0 amide bonds. The molecule has 0 aliphatic rings. The topological polar surface area (TPSA) is 73.5 Å². The zero-order chi connectivity index (χ0) is 13.8. The van der Waals surface area contributed by atoms with E-state index in [1.165, 1.54) is 0 Å². The number of anilines is 1. The molecule has 0 radical (unpaired) electrons. The Morgan fingerprint density at radius 2 is 2.15 bits per heavy atom. The average Bonchev–Trinajstić information content (AvgIpc) is 3.16. The third-order valence-electron chi connectivity index (χ3n) is 3.08. The van der Waals surface area contributed by atoms with Crippen LogP contribution in [-0.4, -0.2) is 29.8 Å². The maximum atomic E-state index is 4.35. The van der Waals surface area contributed by atoms with Gasteiger partial charge in [0.2, 0.25) is 0 Å². The summed E-state index contributed by atoms with van der Waals surface area (Å²) in [6.45, 7) is 3.66. The number of rotatable bonds is 5. The van der Waals surface area contributed by atoms with Crippen molar-refractivity contribution in [1.29, 1.82) is 0 Å². The van der Waals surface area contributed by atoms with Crippen molar-refractivity contribution in [2.24, 2.45) is 0 Å². The monoisotopic (exact) mass is 269 g/mol. The van der Waals surface area contributed by atoms with Gasteiger partial charge in [0, 0.05) is 18.9 Å². The lowest BCUT2D eigenvalue weighted by Crippen LogP contribution is -2.09. The van der Waals surface area contributed by atoms with E-state index in [0.717, 1.165) is 23.7 Å². The van der Waals surface area contributed by atoms with E-state index < -0.39 is 0 Å². The second kappa shape index (κ2) is 5.52. The lowest BCUT2D eigenvalue weighted by atomic mass is 10.2. The molecule has 0 unspecified atom stereocenters. The van der Waals surface area contributed by atoms with Gasteiger partial charge in [0.15, 0.2) is 0 Å². The van der Waals surface area contributed by atoms with Crippen molar-refractivity contribution in [3.8, 4) is 5.69 Å². The standard InChI is InChI=1S/C13H15N7/c1-2-19-8-7-14-13(19)9-15-11-5-3-4-6-12(11)20-10-16-17-18-20/h3-8,10,15H,2,9H2,1H3. The van der Waals surface area contributed by atoms with Crippen LogP contribution in [0.15, 0.2) is 43.0 Å². The van der Waals surface area contributed by atoms with Gasteiger partial charge < -0.3 is 9.88 Å². The van der Waals surface area contributed by atoms with Crippen LogP contribution in [0.2, 0.25) is 0 Å². The Balaban J connectivity index is 1.81. The van der Waals surface area contributed by atoms with E-state index in [4.69, 9.17) is 0 Å². The number of aromatic nitrogens is 6. The maximum absolute atomic E-state index is 4.35. The Bertz CT molecular complexity index is 672. The minimum Gasteiger partial charge on any atom is -0.376 e. The normalized spacial score (nSPS) is 10.7. The Labute approximate surface area is 116 Å². The maximum Gasteiger partial charge on any atom is 0.143 e. The lowest BCUT2D eigenvalue weighted by Gasteiger charge is -2.11. The third kappa shape index (κ3) is 2.37. The van der Waals surface area contributed by atoms with Crippen LogP contribution in [0.25, 0.3) is 5.69 Å². The number of aryl methyl sites for hydroxylation is 1. The summed E-state index contributed by atoms with van der Waals surface area (Å²) in [5, 5.41) is 14.6. The number of imidazole rings is 1. The van der Waals surface area contributed by atoms with Crippen LogP contribution in [0.3, 0.4) is 0 Å². The molecule has 0 atom stereocenters. The van der Waals surface area contributed by atoms with E-state index in [9.17, 15) is 0 Å². The van der Waals surface area contributed by atoms with Gasteiger partial charge in [0.05, 0.1) is 17.9 Å². The Morgan fingerprint density at radius 1 is 1.25 bits per heavy atom. The van der Waals surface area contributed by atoms with Crippen molar-refractivity contribution in [2.45, 2.75) is 20.0 Å². The molecule has 3 rings (SSSR count). The van der Waals surface area contributed by atoms with Gasteiger partial charge in [-0.3, -0.25) is 0 Å². The smallest absolute Gasteiger partial charge is 0.143 e. The largest absolute Gasteiger partial charge is 0.376 e. The highest BCUT2D eigenvalue weighted by atomic mass is 15.5. The summed E-state index contributed by atoms with van der Waals surface area (Å²) in [4.78, 5) is 4.35. The predicted octanol–water partition coefficient (Wildman–Crippen LogP) is 1.49. The van der Waals surface area contributed by atoms with Crippen LogP contribution in [-0.2, 0) is 13.1 Å². The molecule has 7 heteroatoms. The molecule has 1 aromatic carbocycles. The number of hydrogen-bond donors (Lipinski definition) is 1. The van der Waals surface area contributed by atoms with E-state index in [-0.39, 0.29) is 0 Å².